The Morgan fingerprint density at radius 3 is 2.69 bits per heavy atom. The summed E-state index contributed by atoms with van der Waals surface area (Å²) in [5.41, 5.74) is 2.14. The van der Waals surface area contributed by atoms with Crippen molar-refractivity contribution in [2.45, 2.75) is 29.9 Å². The Balaban J connectivity index is 1.35. The van der Waals surface area contributed by atoms with Crippen LogP contribution in [-0.2, 0) is 16.4 Å². The summed E-state index contributed by atoms with van der Waals surface area (Å²) >= 11 is 1.41. The summed E-state index contributed by atoms with van der Waals surface area (Å²) in [5, 5.41) is 4.38. The number of sulfonamides is 1. The van der Waals surface area contributed by atoms with Crippen molar-refractivity contribution >= 4 is 32.9 Å². The molecule has 0 unspecified atom stereocenters. The third-order valence-electron chi connectivity index (χ3n) is 4.78. The molecule has 0 aliphatic rings. The molecule has 2 aromatic carbocycles. The lowest BCUT2D eigenvalue weighted by Gasteiger charge is -2.10. The number of oxazole rings is 1. The second kappa shape index (κ2) is 9.00. The summed E-state index contributed by atoms with van der Waals surface area (Å²) in [7, 11) is -0.570. The van der Waals surface area contributed by atoms with Crippen molar-refractivity contribution in [2.24, 2.45) is 0 Å². The number of halogens is 1. The van der Waals surface area contributed by atoms with Gasteiger partial charge in [-0.2, -0.15) is 4.98 Å². The average Bonchev–Trinajstić information content (AvgIpc) is 3.39. The van der Waals surface area contributed by atoms with Crippen LogP contribution in [0.15, 0.2) is 55.5 Å². The van der Waals surface area contributed by atoms with Crippen LogP contribution >= 0.6 is 11.8 Å². The number of nitrogens with zero attached hydrogens (tertiary/aromatic N) is 4. The van der Waals surface area contributed by atoms with Crippen LogP contribution in [0, 0.1) is 12.7 Å². The summed E-state index contributed by atoms with van der Waals surface area (Å²) in [4.78, 5) is 8.87. The fraction of sp³-hybridized carbons (Fsp3) is 0.286. The summed E-state index contributed by atoms with van der Waals surface area (Å²) in [6.45, 7) is 1.69. The van der Waals surface area contributed by atoms with E-state index in [0.717, 1.165) is 10.7 Å². The molecule has 0 radical (unpaired) electrons. The van der Waals surface area contributed by atoms with Crippen LogP contribution in [0.2, 0.25) is 0 Å². The van der Waals surface area contributed by atoms with Gasteiger partial charge in [0, 0.05) is 31.8 Å². The first kappa shape index (κ1) is 22.4. The number of benzene rings is 2. The van der Waals surface area contributed by atoms with Gasteiger partial charge in [-0.05, 0) is 43.2 Å². The van der Waals surface area contributed by atoms with Crippen LogP contribution < -0.4 is 0 Å². The van der Waals surface area contributed by atoms with E-state index >= 15 is 0 Å². The Morgan fingerprint density at radius 2 is 1.94 bits per heavy atom. The molecule has 0 saturated carbocycles. The molecule has 2 aromatic heterocycles. The second-order valence-electron chi connectivity index (χ2n) is 7.32. The lowest BCUT2D eigenvalue weighted by molar-refractivity contribution is 0.378. The van der Waals surface area contributed by atoms with Crippen LogP contribution in [0.1, 0.15) is 17.9 Å². The molecule has 0 N–H and O–H groups in total. The highest BCUT2D eigenvalue weighted by atomic mass is 32.2. The van der Waals surface area contributed by atoms with Gasteiger partial charge in [0.25, 0.3) is 5.22 Å². The van der Waals surface area contributed by atoms with Crippen LogP contribution in [-0.4, -0.2) is 47.7 Å². The molecule has 0 saturated heterocycles. The Morgan fingerprint density at radius 1 is 1.12 bits per heavy atom. The van der Waals surface area contributed by atoms with Gasteiger partial charge in [-0.1, -0.05) is 29.1 Å². The molecule has 0 amide bonds. The Kier molecular flexibility index (Phi) is 6.31. The molecule has 4 aromatic rings. The van der Waals surface area contributed by atoms with Crippen molar-refractivity contribution in [3.8, 4) is 11.4 Å². The molecular formula is C21H21FN4O4S2. The quantitative estimate of drug-likeness (QED) is 0.274. The van der Waals surface area contributed by atoms with E-state index in [-0.39, 0.29) is 10.7 Å². The number of thioether (sulfide) groups is 1. The van der Waals surface area contributed by atoms with Gasteiger partial charge >= 0.3 is 0 Å². The lowest BCUT2D eigenvalue weighted by atomic mass is 10.1. The molecule has 11 heteroatoms. The third-order valence-corrected chi connectivity index (χ3v) is 7.50. The van der Waals surface area contributed by atoms with Gasteiger partial charge < -0.3 is 8.94 Å². The third kappa shape index (κ3) is 4.69. The van der Waals surface area contributed by atoms with E-state index in [0.29, 0.717) is 51.3 Å². The highest BCUT2D eigenvalue weighted by Crippen LogP contribution is 2.27. The van der Waals surface area contributed by atoms with Gasteiger partial charge in [0.05, 0.1) is 4.90 Å². The number of aryl methyl sites for hydroxylation is 2. The molecule has 0 spiro atoms. The minimum Gasteiger partial charge on any atom is -0.431 e. The molecule has 2 heterocycles. The Labute approximate surface area is 188 Å². The van der Waals surface area contributed by atoms with Crippen molar-refractivity contribution in [1.82, 2.24) is 19.4 Å². The van der Waals surface area contributed by atoms with Gasteiger partial charge in [0.2, 0.25) is 21.7 Å². The van der Waals surface area contributed by atoms with Crippen LogP contribution in [0.4, 0.5) is 4.39 Å². The molecule has 4 rings (SSSR count). The van der Waals surface area contributed by atoms with Crippen molar-refractivity contribution in [1.29, 1.82) is 0 Å². The maximum Gasteiger partial charge on any atom is 0.256 e. The molecular weight excluding hydrogens is 455 g/mol. The maximum absolute atomic E-state index is 13.7. The topological polar surface area (TPSA) is 102 Å². The maximum atomic E-state index is 13.7. The molecule has 0 atom stereocenters. The fourth-order valence-corrected chi connectivity index (χ4v) is 4.60. The second-order valence-corrected chi connectivity index (χ2v) is 10.5. The van der Waals surface area contributed by atoms with Gasteiger partial charge in [-0.15, -0.1) is 0 Å². The van der Waals surface area contributed by atoms with Crippen LogP contribution in [0.5, 0.6) is 0 Å². The molecule has 0 aliphatic heterocycles. The predicted octanol–water partition coefficient (Wildman–Crippen LogP) is 4.30. The Hall–Kier alpha value is -2.76. The summed E-state index contributed by atoms with van der Waals surface area (Å²) < 4.78 is 50.4. The Bertz CT molecular complexity index is 1370. The van der Waals surface area contributed by atoms with Crippen LogP contribution in [0.3, 0.4) is 0 Å². The number of rotatable bonds is 8. The van der Waals surface area contributed by atoms with E-state index in [1.165, 1.54) is 44.1 Å². The predicted molar refractivity (Wildman–Crippen MR) is 118 cm³/mol. The number of fused-ring (bicyclic) bond motifs is 1. The molecule has 0 bridgehead atoms. The van der Waals surface area contributed by atoms with E-state index in [2.05, 4.69) is 15.1 Å². The molecule has 0 aliphatic carbocycles. The SMILES string of the molecule is Cc1ccc(-c2noc(CCCSc3nc4cc(S(=O)(=O)N(C)C)ccc4o3)n2)cc1F. The number of hydrogen-bond donors (Lipinski definition) is 0. The molecule has 32 heavy (non-hydrogen) atoms. The molecule has 168 valence electrons. The first-order chi connectivity index (χ1) is 15.2. The standard InChI is InChI=1S/C21H21FN4O4S2/c1-13-6-7-14(11-16(13)22)20-24-19(30-25-20)5-4-10-31-21-23-17-12-15(8-9-18(17)29-21)32(27,28)26(2)3/h6-9,11-12H,4-5,10H2,1-3H3. The van der Waals surface area contributed by atoms with Crippen molar-refractivity contribution in [3.05, 3.63) is 53.7 Å². The number of hydrogen-bond acceptors (Lipinski definition) is 8. The smallest absolute Gasteiger partial charge is 0.256 e. The van der Waals surface area contributed by atoms with Crippen molar-refractivity contribution in [3.63, 3.8) is 0 Å². The van der Waals surface area contributed by atoms with Crippen molar-refractivity contribution < 1.29 is 21.7 Å². The van der Waals surface area contributed by atoms with E-state index in [4.69, 9.17) is 8.94 Å². The number of aromatic nitrogens is 3. The van der Waals surface area contributed by atoms with Gasteiger partial charge in [0.15, 0.2) is 5.58 Å². The zero-order valence-electron chi connectivity index (χ0n) is 17.7. The first-order valence-electron chi connectivity index (χ1n) is 9.79. The fourth-order valence-electron chi connectivity index (χ4n) is 2.91. The van der Waals surface area contributed by atoms with Crippen LogP contribution in [0.25, 0.3) is 22.5 Å². The largest absolute Gasteiger partial charge is 0.431 e. The molecule has 8 nitrogen and oxygen atoms in total. The average molecular weight is 477 g/mol. The van der Waals surface area contributed by atoms with Gasteiger partial charge in [0.1, 0.15) is 11.3 Å². The summed E-state index contributed by atoms with van der Waals surface area (Å²) in [5.74, 6) is 1.20. The molecule has 0 fully saturated rings. The normalized spacial score (nSPS) is 12.2. The highest BCUT2D eigenvalue weighted by molar-refractivity contribution is 7.99. The van der Waals surface area contributed by atoms with Gasteiger partial charge in [-0.3, -0.25) is 0 Å². The summed E-state index contributed by atoms with van der Waals surface area (Å²) in [6.07, 6.45) is 1.29. The zero-order chi connectivity index (χ0) is 22.9. The first-order valence-corrected chi connectivity index (χ1v) is 12.2. The minimum atomic E-state index is -3.53. The monoisotopic (exact) mass is 476 g/mol. The van der Waals surface area contributed by atoms with Crippen molar-refractivity contribution in [2.75, 3.05) is 19.8 Å². The zero-order valence-corrected chi connectivity index (χ0v) is 19.3. The lowest BCUT2D eigenvalue weighted by Crippen LogP contribution is -2.22. The summed E-state index contributed by atoms with van der Waals surface area (Å²) in [6, 6.07) is 9.44. The van der Waals surface area contributed by atoms with Gasteiger partial charge in [-0.25, -0.2) is 22.1 Å². The van der Waals surface area contributed by atoms with E-state index in [9.17, 15) is 12.8 Å². The minimum absolute atomic E-state index is 0.167. The highest BCUT2D eigenvalue weighted by Gasteiger charge is 2.19. The van der Waals surface area contributed by atoms with E-state index < -0.39 is 10.0 Å². The van der Waals surface area contributed by atoms with E-state index in [1.807, 2.05) is 0 Å². The van der Waals surface area contributed by atoms with E-state index in [1.54, 1.807) is 25.1 Å².